The van der Waals surface area contributed by atoms with Gasteiger partial charge in [-0.25, -0.2) is 4.98 Å². The molecule has 0 amide bonds. The highest BCUT2D eigenvalue weighted by Crippen LogP contribution is 2.33. The molecule has 8 heteroatoms. The lowest BCUT2D eigenvalue weighted by molar-refractivity contribution is -0.137. The number of alkyl halides is 3. The Labute approximate surface area is 145 Å². The topological polar surface area (TPSA) is 34.9 Å². The molecule has 1 aliphatic heterocycles. The fourth-order valence-electron chi connectivity index (χ4n) is 2.43. The molecule has 0 saturated carbocycles. The van der Waals surface area contributed by atoms with Crippen molar-refractivity contribution in [3.05, 3.63) is 45.9 Å². The molecule has 2 heterocycles. The van der Waals surface area contributed by atoms with Gasteiger partial charge in [-0.3, -0.25) is 9.36 Å². The Morgan fingerprint density at radius 1 is 1.38 bits per heavy atom. The van der Waals surface area contributed by atoms with Gasteiger partial charge in [0, 0.05) is 17.9 Å². The Morgan fingerprint density at radius 3 is 2.88 bits per heavy atom. The lowest BCUT2D eigenvalue weighted by Gasteiger charge is -2.15. The van der Waals surface area contributed by atoms with Crippen molar-refractivity contribution in [2.45, 2.75) is 36.0 Å². The zero-order valence-electron chi connectivity index (χ0n) is 12.9. The van der Waals surface area contributed by atoms with E-state index in [1.54, 1.807) is 0 Å². The SMILES string of the molecule is CCCSc1nc2c(c(=O)n1-c1cccc(C(F)(F)F)c1)SCC2. The van der Waals surface area contributed by atoms with Crippen molar-refractivity contribution in [2.24, 2.45) is 0 Å². The molecule has 1 aromatic carbocycles. The van der Waals surface area contributed by atoms with Crippen molar-refractivity contribution in [3.63, 3.8) is 0 Å². The smallest absolute Gasteiger partial charge is 0.268 e. The van der Waals surface area contributed by atoms with E-state index >= 15 is 0 Å². The molecule has 0 saturated heterocycles. The largest absolute Gasteiger partial charge is 0.416 e. The van der Waals surface area contributed by atoms with Crippen molar-refractivity contribution < 1.29 is 13.2 Å². The van der Waals surface area contributed by atoms with Crippen LogP contribution in [0.3, 0.4) is 0 Å². The third-order valence-corrected chi connectivity index (χ3v) is 5.79. The fraction of sp³-hybridized carbons (Fsp3) is 0.375. The van der Waals surface area contributed by atoms with Crippen LogP contribution in [-0.2, 0) is 12.6 Å². The lowest BCUT2D eigenvalue weighted by atomic mass is 10.2. The average Bonchev–Trinajstić information content (AvgIpc) is 3.01. The maximum atomic E-state index is 13.0. The van der Waals surface area contributed by atoms with E-state index in [1.807, 2.05) is 6.92 Å². The number of halogens is 3. The zero-order valence-corrected chi connectivity index (χ0v) is 14.5. The fourth-order valence-corrected chi connectivity index (χ4v) is 4.34. The Kier molecular flexibility index (Phi) is 4.96. The summed E-state index contributed by atoms with van der Waals surface area (Å²) in [7, 11) is 0. The quantitative estimate of drug-likeness (QED) is 0.589. The number of hydrogen-bond acceptors (Lipinski definition) is 4. The number of rotatable bonds is 4. The molecule has 24 heavy (non-hydrogen) atoms. The van der Waals surface area contributed by atoms with Gasteiger partial charge < -0.3 is 0 Å². The second kappa shape index (κ2) is 6.84. The maximum absolute atomic E-state index is 13.0. The van der Waals surface area contributed by atoms with E-state index in [2.05, 4.69) is 4.98 Å². The summed E-state index contributed by atoms with van der Waals surface area (Å²) in [5, 5.41) is 0.461. The first-order valence-electron chi connectivity index (χ1n) is 7.51. The molecule has 0 fully saturated rings. The van der Waals surface area contributed by atoms with Crippen LogP contribution in [0, 0.1) is 0 Å². The molecule has 1 aromatic heterocycles. The van der Waals surface area contributed by atoms with Crippen molar-refractivity contribution in [1.82, 2.24) is 9.55 Å². The molecule has 0 atom stereocenters. The molecule has 1 aliphatic rings. The first-order valence-corrected chi connectivity index (χ1v) is 9.48. The summed E-state index contributed by atoms with van der Waals surface area (Å²) in [6.07, 6.45) is -2.84. The van der Waals surface area contributed by atoms with E-state index in [9.17, 15) is 18.0 Å². The number of fused-ring (bicyclic) bond motifs is 1. The van der Waals surface area contributed by atoms with Crippen LogP contribution in [0.1, 0.15) is 24.6 Å². The van der Waals surface area contributed by atoms with Crippen LogP contribution in [0.5, 0.6) is 0 Å². The maximum Gasteiger partial charge on any atom is 0.416 e. The van der Waals surface area contributed by atoms with Crippen molar-refractivity contribution in [1.29, 1.82) is 0 Å². The second-order valence-corrected chi connectivity index (χ2v) is 7.47. The Hall–Kier alpha value is -1.41. The molecular weight excluding hydrogens is 357 g/mol. The van der Waals surface area contributed by atoms with E-state index in [-0.39, 0.29) is 11.2 Å². The van der Waals surface area contributed by atoms with Crippen molar-refractivity contribution in [2.75, 3.05) is 11.5 Å². The molecule has 3 nitrogen and oxygen atoms in total. The zero-order chi connectivity index (χ0) is 17.3. The monoisotopic (exact) mass is 372 g/mol. The predicted molar refractivity (Wildman–Crippen MR) is 90.3 cm³/mol. The third-order valence-electron chi connectivity index (χ3n) is 3.53. The van der Waals surface area contributed by atoms with Gasteiger partial charge in [0.2, 0.25) is 0 Å². The van der Waals surface area contributed by atoms with Crippen LogP contribution in [0.25, 0.3) is 5.69 Å². The summed E-state index contributed by atoms with van der Waals surface area (Å²) >= 11 is 2.82. The molecule has 0 N–H and O–H groups in total. The van der Waals surface area contributed by atoms with E-state index in [0.717, 1.165) is 42.2 Å². The van der Waals surface area contributed by atoms with Gasteiger partial charge in [0.25, 0.3) is 5.56 Å². The number of aromatic nitrogens is 2. The van der Waals surface area contributed by atoms with Gasteiger partial charge in [-0.15, -0.1) is 11.8 Å². The highest BCUT2D eigenvalue weighted by molar-refractivity contribution is 7.99. The Bertz CT molecular complexity index is 818. The first-order chi connectivity index (χ1) is 11.4. The summed E-state index contributed by atoms with van der Waals surface area (Å²) in [6.45, 7) is 2.00. The molecule has 0 aliphatic carbocycles. The van der Waals surface area contributed by atoms with Crippen LogP contribution in [0.4, 0.5) is 13.2 Å². The number of thioether (sulfide) groups is 2. The minimum absolute atomic E-state index is 0.205. The lowest BCUT2D eigenvalue weighted by Crippen LogP contribution is -2.24. The number of aryl methyl sites for hydroxylation is 1. The summed E-state index contributed by atoms with van der Waals surface area (Å²) < 4.78 is 40.3. The van der Waals surface area contributed by atoms with E-state index in [1.165, 1.54) is 40.2 Å². The van der Waals surface area contributed by atoms with Gasteiger partial charge >= 0.3 is 6.18 Å². The van der Waals surface area contributed by atoms with E-state index in [0.29, 0.717) is 10.1 Å². The Morgan fingerprint density at radius 2 is 2.17 bits per heavy atom. The summed E-state index contributed by atoms with van der Waals surface area (Å²) in [6, 6.07) is 4.84. The first kappa shape index (κ1) is 17.4. The summed E-state index contributed by atoms with van der Waals surface area (Å²) in [5.41, 5.74) is -0.0880. The van der Waals surface area contributed by atoms with Gasteiger partial charge in [-0.1, -0.05) is 24.8 Å². The molecule has 2 aromatic rings. The second-order valence-electron chi connectivity index (χ2n) is 5.31. The van der Waals surface area contributed by atoms with Gasteiger partial charge in [0.05, 0.1) is 21.8 Å². The minimum atomic E-state index is -4.45. The predicted octanol–water partition coefficient (Wildman–Crippen LogP) is 4.40. The molecule has 0 radical (unpaired) electrons. The Balaban J connectivity index is 2.18. The standard InChI is InChI=1S/C16H15F3N2OS2/c1-2-7-24-15-20-12-6-8-23-13(12)14(22)21(15)11-5-3-4-10(9-11)16(17,18)19/h3-5,9H,2,6-8H2,1H3. The molecule has 0 bridgehead atoms. The molecule has 3 rings (SSSR count). The molecular formula is C16H15F3N2OS2. The highest BCUT2D eigenvalue weighted by Gasteiger charge is 2.31. The normalized spacial score (nSPS) is 14.0. The van der Waals surface area contributed by atoms with Crippen LogP contribution in [0.2, 0.25) is 0 Å². The highest BCUT2D eigenvalue weighted by atomic mass is 32.2. The molecule has 0 spiro atoms. The third kappa shape index (κ3) is 3.35. The van der Waals surface area contributed by atoms with Crippen molar-refractivity contribution in [3.8, 4) is 5.69 Å². The molecule has 128 valence electrons. The van der Waals surface area contributed by atoms with Crippen molar-refractivity contribution >= 4 is 23.5 Å². The minimum Gasteiger partial charge on any atom is -0.268 e. The van der Waals surface area contributed by atoms with E-state index < -0.39 is 11.7 Å². The van der Waals surface area contributed by atoms with Gasteiger partial charge in [0.15, 0.2) is 5.16 Å². The molecule has 0 unspecified atom stereocenters. The van der Waals surface area contributed by atoms with Gasteiger partial charge in [-0.05, 0) is 24.6 Å². The van der Waals surface area contributed by atoms with Gasteiger partial charge in [0.1, 0.15) is 0 Å². The van der Waals surface area contributed by atoms with E-state index in [4.69, 9.17) is 0 Å². The number of nitrogens with zero attached hydrogens (tertiary/aromatic N) is 2. The van der Waals surface area contributed by atoms with Crippen LogP contribution < -0.4 is 5.56 Å². The van der Waals surface area contributed by atoms with Crippen LogP contribution in [0.15, 0.2) is 39.1 Å². The van der Waals surface area contributed by atoms with Crippen LogP contribution >= 0.6 is 23.5 Å². The summed E-state index contributed by atoms with van der Waals surface area (Å²) in [4.78, 5) is 17.9. The number of benzene rings is 1. The average molecular weight is 372 g/mol. The number of hydrogen-bond donors (Lipinski definition) is 0. The van der Waals surface area contributed by atoms with Gasteiger partial charge in [-0.2, -0.15) is 13.2 Å². The van der Waals surface area contributed by atoms with Crippen LogP contribution in [-0.4, -0.2) is 21.1 Å². The summed E-state index contributed by atoms with van der Waals surface area (Å²) in [5.74, 6) is 1.53.